The number of amides is 1. The fourth-order valence-corrected chi connectivity index (χ4v) is 3.77. The van der Waals surface area contributed by atoms with Crippen LogP contribution < -0.4 is 5.32 Å². The van der Waals surface area contributed by atoms with E-state index in [1.807, 2.05) is 24.3 Å². The fraction of sp³-hybridized carbons (Fsp3) is 0.389. The first-order chi connectivity index (χ1) is 11.7. The first kappa shape index (κ1) is 17.4. The van der Waals surface area contributed by atoms with Gasteiger partial charge in [0, 0.05) is 24.6 Å². The van der Waals surface area contributed by atoms with Crippen LogP contribution in [-0.2, 0) is 16.1 Å². The molecule has 1 saturated heterocycles. The van der Waals surface area contributed by atoms with Crippen molar-refractivity contribution in [2.75, 3.05) is 25.0 Å². The second-order valence-electron chi connectivity index (χ2n) is 5.91. The number of benzene rings is 1. The van der Waals surface area contributed by atoms with Gasteiger partial charge in [0.15, 0.2) is 0 Å². The van der Waals surface area contributed by atoms with Gasteiger partial charge >= 0.3 is 0 Å². The van der Waals surface area contributed by atoms with Crippen LogP contribution in [0.3, 0.4) is 0 Å². The van der Waals surface area contributed by atoms with Crippen molar-refractivity contribution < 1.29 is 9.53 Å². The van der Waals surface area contributed by atoms with Gasteiger partial charge in [0.2, 0.25) is 5.91 Å². The highest BCUT2D eigenvalue weighted by atomic mass is 35.5. The predicted octanol–water partition coefficient (Wildman–Crippen LogP) is 4.02. The van der Waals surface area contributed by atoms with E-state index in [1.165, 1.54) is 4.88 Å². The molecule has 0 unspecified atom stereocenters. The highest BCUT2D eigenvalue weighted by Gasteiger charge is 2.21. The molecule has 128 valence electrons. The molecule has 1 fully saturated rings. The molecule has 0 saturated carbocycles. The zero-order valence-corrected chi connectivity index (χ0v) is 15.0. The van der Waals surface area contributed by atoms with Gasteiger partial charge in [-0.25, -0.2) is 0 Å². The van der Waals surface area contributed by atoms with Crippen molar-refractivity contribution in [3.8, 4) is 0 Å². The van der Waals surface area contributed by atoms with Gasteiger partial charge in [0.1, 0.15) is 0 Å². The Kier molecular flexibility index (Phi) is 6.26. The van der Waals surface area contributed by atoms with Gasteiger partial charge in [0.05, 0.1) is 23.4 Å². The standard InChI is InChI=1S/C18H21ClN2O2S/c19-16-7-1-2-8-17(16)20-18(22)13-21(11-14-5-3-9-23-14)12-15-6-4-10-24-15/h1-2,4,6-8,10,14H,3,5,9,11-13H2,(H,20,22)/t14-/m1/s1. The lowest BCUT2D eigenvalue weighted by Gasteiger charge is -2.24. The summed E-state index contributed by atoms with van der Waals surface area (Å²) >= 11 is 7.82. The number of rotatable bonds is 7. The van der Waals surface area contributed by atoms with Crippen molar-refractivity contribution >= 4 is 34.5 Å². The summed E-state index contributed by atoms with van der Waals surface area (Å²) in [4.78, 5) is 15.8. The highest BCUT2D eigenvalue weighted by molar-refractivity contribution is 7.09. The van der Waals surface area contributed by atoms with E-state index in [2.05, 4.69) is 21.7 Å². The van der Waals surface area contributed by atoms with Crippen LogP contribution in [0.15, 0.2) is 41.8 Å². The Balaban J connectivity index is 1.61. The molecule has 0 radical (unpaired) electrons. The molecule has 1 aliphatic rings. The number of carbonyl (C=O) groups excluding carboxylic acids is 1. The molecule has 6 heteroatoms. The molecule has 1 N–H and O–H groups in total. The quantitative estimate of drug-likeness (QED) is 0.806. The molecule has 2 heterocycles. The van der Waals surface area contributed by atoms with E-state index in [4.69, 9.17) is 16.3 Å². The van der Waals surface area contributed by atoms with Crippen molar-refractivity contribution in [1.82, 2.24) is 4.90 Å². The zero-order valence-electron chi connectivity index (χ0n) is 13.4. The van der Waals surface area contributed by atoms with E-state index in [1.54, 1.807) is 17.4 Å². The molecule has 1 amide bonds. The molecular formula is C18H21ClN2O2S. The van der Waals surface area contributed by atoms with E-state index in [9.17, 15) is 4.79 Å². The van der Waals surface area contributed by atoms with Crippen LogP contribution >= 0.6 is 22.9 Å². The number of ether oxygens (including phenoxy) is 1. The number of thiophene rings is 1. The fourth-order valence-electron chi connectivity index (χ4n) is 2.84. The Morgan fingerprint density at radius 2 is 2.21 bits per heavy atom. The van der Waals surface area contributed by atoms with E-state index < -0.39 is 0 Å². The molecule has 2 aromatic rings. The molecular weight excluding hydrogens is 344 g/mol. The van der Waals surface area contributed by atoms with Gasteiger partial charge < -0.3 is 10.1 Å². The lowest BCUT2D eigenvalue weighted by Crippen LogP contribution is -2.37. The maximum absolute atomic E-state index is 12.4. The smallest absolute Gasteiger partial charge is 0.238 e. The van der Waals surface area contributed by atoms with Gasteiger partial charge in [-0.05, 0) is 36.4 Å². The van der Waals surface area contributed by atoms with Crippen LogP contribution in [0.2, 0.25) is 5.02 Å². The van der Waals surface area contributed by atoms with Gasteiger partial charge in [-0.15, -0.1) is 11.3 Å². The summed E-state index contributed by atoms with van der Waals surface area (Å²) in [5.41, 5.74) is 0.650. The minimum absolute atomic E-state index is 0.0577. The molecule has 1 aromatic carbocycles. The van der Waals surface area contributed by atoms with Gasteiger partial charge in [-0.2, -0.15) is 0 Å². The second kappa shape index (κ2) is 8.62. The Hall–Kier alpha value is -1.40. The maximum Gasteiger partial charge on any atom is 0.238 e. The second-order valence-corrected chi connectivity index (χ2v) is 7.35. The largest absolute Gasteiger partial charge is 0.377 e. The van der Waals surface area contributed by atoms with E-state index in [0.29, 0.717) is 17.3 Å². The Bertz CT molecular complexity index is 657. The topological polar surface area (TPSA) is 41.6 Å². The molecule has 4 nitrogen and oxygen atoms in total. The molecule has 1 aromatic heterocycles. The third kappa shape index (κ3) is 5.05. The predicted molar refractivity (Wildman–Crippen MR) is 98.7 cm³/mol. The molecule has 0 spiro atoms. The number of anilines is 1. The molecule has 0 bridgehead atoms. The van der Waals surface area contributed by atoms with Gasteiger partial charge in [-0.1, -0.05) is 29.8 Å². The van der Waals surface area contributed by atoms with E-state index in [-0.39, 0.29) is 12.0 Å². The van der Waals surface area contributed by atoms with Crippen molar-refractivity contribution in [3.63, 3.8) is 0 Å². The average Bonchev–Trinajstić information content (AvgIpc) is 3.23. The van der Waals surface area contributed by atoms with Crippen LogP contribution in [0.1, 0.15) is 17.7 Å². The first-order valence-corrected chi connectivity index (χ1v) is 9.37. The number of para-hydroxylation sites is 1. The molecule has 0 aliphatic carbocycles. The average molecular weight is 365 g/mol. The number of halogens is 1. The van der Waals surface area contributed by atoms with E-state index in [0.717, 1.165) is 32.5 Å². The highest BCUT2D eigenvalue weighted by Crippen LogP contribution is 2.21. The van der Waals surface area contributed by atoms with Crippen LogP contribution in [0.25, 0.3) is 0 Å². The van der Waals surface area contributed by atoms with Crippen LogP contribution in [-0.4, -0.2) is 36.6 Å². The number of nitrogens with one attached hydrogen (secondary N) is 1. The van der Waals surface area contributed by atoms with Crippen molar-refractivity contribution in [1.29, 1.82) is 0 Å². The van der Waals surface area contributed by atoms with Crippen LogP contribution in [0.4, 0.5) is 5.69 Å². The lowest BCUT2D eigenvalue weighted by molar-refractivity contribution is -0.117. The summed E-state index contributed by atoms with van der Waals surface area (Å²) in [6, 6.07) is 11.4. The summed E-state index contributed by atoms with van der Waals surface area (Å²) in [5.74, 6) is -0.0577. The van der Waals surface area contributed by atoms with Crippen molar-refractivity contribution in [2.45, 2.75) is 25.5 Å². The zero-order chi connectivity index (χ0) is 16.8. The normalized spacial score (nSPS) is 17.3. The lowest BCUT2D eigenvalue weighted by atomic mass is 10.2. The van der Waals surface area contributed by atoms with Gasteiger partial charge in [0.25, 0.3) is 0 Å². The molecule has 3 rings (SSSR count). The number of hydrogen-bond acceptors (Lipinski definition) is 4. The Morgan fingerprint density at radius 1 is 1.33 bits per heavy atom. The molecule has 24 heavy (non-hydrogen) atoms. The van der Waals surface area contributed by atoms with Crippen molar-refractivity contribution in [3.05, 3.63) is 51.7 Å². The van der Waals surface area contributed by atoms with Gasteiger partial charge in [-0.3, -0.25) is 9.69 Å². The van der Waals surface area contributed by atoms with Crippen LogP contribution in [0, 0.1) is 0 Å². The molecule has 1 atom stereocenters. The summed E-state index contributed by atoms with van der Waals surface area (Å²) in [6.07, 6.45) is 2.38. The number of nitrogens with zero attached hydrogens (tertiary/aromatic N) is 1. The van der Waals surface area contributed by atoms with Crippen molar-refractivity contribution in [2.24, 2.45) is 0 Å². The number of hydrogen-bond donors (Lipinski definition) is 1. The van der Waals surface area contributed by atoms with E-state index >= 15 is 0 Å². The maximum atomic E-state index is 12.4. The summed E-state index contributed by atoms with van der Waals surface area (Å²) in [6.45, 7) is 2.67. The minimum Gasteiger partial charge on any atom is -0.377 e. The minimum atomic E-state index is -0.0577. The summed E-state index contributed by atoms with van der Waals surface area (Å²) < 4.78 is 5.73. The summed E-state index contributed by atoms with van der Waals surface area (Å²) in [7, 11) is 0. The summed E-state index contributed by atoms with van der Waals surface area (Å²) in [5, 5.41) is 5.50. The third-order valence-electron chi connectivity index (χ3n) is 3.96. The van der Waals surface area contributed by atoms with Crippen LogP contribution in [0.5, 0.6) is 0 Å². The first-order valence-electron chi connectivity index (χ1n) is 8.11. The Morgan fingerprint density at radius 3 is 2.92 bits per heavy atom. The molecule has 1 aliphatic heterocycles. The number of carbonyl (C=O) groups is 1. The monoisotopic (exact) mass is 364 g/mol. The third-order valence-corrected chi connectivity index (χ3v) is 5.15. The SMILES string of the molecule is O=C(CN(Cc1cccs1)C[C@H]1CCCO1)Nc1ccccc1Cl. The Labute approximate surface area is 151 Å².